The first kappa shape index (κ1) is 22.5. The van der Waals surface area contributed by atoms with E-state index < -0.39 is 5.82 Å². The number of carbonyl (C=O) groups is 1. The average Bonchev–Trinajstić information content (AvgIpc) is 3.48. The van der Waals surface area contributed by atoms with E-state index in [9.17, 15) is 9.18 Å². The summed E-state index contributed by atoms with van der Waals surface area (Å²) in [5, 5.41) is 7.53. The summed E-state index contributed by atoms with van der Waals surface area (Å²) in [5.74, 6) is -0.0531. The predicted octanol–water partition coefficient (Wildman–Crippen LogP) is 4.09. The lowest BCUT2D eigenvalue weighted by Crippen LogP contribution is -2.55. The molecule has 5 rings (SSSR count). The molecule has 1 aromatic carbocycles. The highest BCUT2D eigenvalue weighted by atomic mass is 35.5. The second kappa shape index (κ2) is 9.19. The Morgan fingerprint density at radius 1 is 1.29 bits per heavy atom. The molecule has 0 N–H and O–H groups in total. The first-order valence-corrected chi connectivity index (χ1v) is 12.0. The van der Waals surface area contributed by atoms with E-state index in [-0.39, 0.29) is 23.5 Å². The highest BCUT2D eigenvalue weighted by Crippen LogP contribution is 2.33. The molecule has 0 bridgehead atoms. The fraction of sp³-hybridized carbons (Fsp3) is 0.304. The molecule has 4 heterocycles. The number of ether oxygens (including phenoxy) is 1. The monoisotopic (exact) mass is 500 g/mol. The third-order valence-electron chi connectivity index (χ3n) is 5.94. The maximum Gasteiger partial charge on any atom is 0.244 e. The highest BCUT2D eigenvalue weighted by Gasteiger charge is 2.30. The molecule has 1 saturated heterocycles. The van der Waals surface area contributed by atoms with E-state index in [1.807, 2.05) is 34.2 Å². The van der Waals surface area contributed by atoms with Gasteiger partial charge in [0, 0.05) is 49.5 Å². The van der Waals surface area contributed by atoms with Crippen LogP contribution in [0.3, 0.4) is 0 Å². The van der Waals surface area contributed by atoms with Gasteiger partial charge in [-0.1, -0.05) is 11.6 Å². The van der Waals surface area contributed by atoms with Gasteiger partial charge in [-0.05, 0) is 25.1 Å². The van der Waals surface area contributed by atoms with Crippen molar-refractivity contribution >= 4 is 45.6 Å². The quantitative estimate of drug-likeness (QED) is 0.411. The molecular formula is C23H22ClFN6O2S. The van der Waals surface area contributed by atoms with E-state index in [1.54, 1.807) is 23.1 Å². The predicted molar refractivity (Wildman–Crippen MR) is 130 cm³/mol. The van der Waals surface area contributed by atoms with Crippen molar-refractivity contribution in [3.05, 3.63) is 52.9 Å². The number of thiazole rings is 1. The van der Waals surface area contributed by atoms with Gasteiger partial charge in [0.1, 0.15) is 34.3 Å². The van der Waals surface area contributed by atoms with Crippen molar-refractivity contribution in [1.82, 2.24) is 24.6 Å². The van der Waals surface area contributed by atoms with E-state index in [0.29, 0.717) is 36.8 Å². The fourth-order valence-corrected chi connectivity index (χ4v) is 5.15. The lowest BCUT2D eigenvalue weighted by atomic mass is 10.1. The Balaban J connectivity index is 1.34. The summed E-state index contributed by atoms with van der Waals surface area (Å²) in [6.07, 6.45) is 3.43. The number of anilines is 1. The molecule has 0 spiro atoms. The summed E-state index contributed by atoms with van der Waals surface area (Å²) in [7, 11) is 1.50. The van der Waals surface area contributed by atoms with Gasteiger partial charge in [0.2, 0.25) is 5.91 Å². The molecule has 1 aliphatic rings. The Morgan fingerprint density at radius 3 is 2.88 bits per heavy atom. The van der Waals surface area contributed by atoms with Crippen LogP contribution in [-0.4, -0.2) is 63.3 Å². The van der Waals surface area contributed by atoms with Gasteiger partial charge < -0.3 is 14.5 Å². The molecule has 1 amide bonds. The van der Waals surface area contributed by atoms with Gasteiger partial charge in [-0.25, -0.2) is 9.37 Å². The van der Waals surface area contributed by atoms with Crippen LogP contribution in [0.5, 0.6) is 5.75 Å². The molecule has 8 nitrogen and oxygen atoms in total. The van der Waals surface area contributed by atoms with Crippen LogP contribution < -0.4 is 9.64 Å². The molecule has 11 heteroatoms. The summed E-state index contributed by atoms with van der Waals surface area (Å²) < 4.78 is 21.5. The van der Waals surface area contributed by atoms with Gasteiger partial charge in [-0.2, -0.15) is 5.10 Å². The third-order valence-corrected chi connectivity index (χ3v) is 7.01. The lowest BCUT2D eigenvalue weighted by molar-refractivity contribution is -0.134. The largest absolute Gasteiger partial charge is 0.495 e. The zero-order valence-electron chi connectivity index (χ0n) is 18.6. The zero-order valence-corrected chi connectivity index (χ0v) is 20.2. The van der Waals surface area contributed by atoms with Gasteiger partial charge in [-0.15, -0.1) is 11.3 Å². The Hall–Kier alpha value is -3.24. The molecule has 176 valence electrons. The van der Waals surface area contributed by atoms with Crippen molar-refractivity contribution in [2.24, 2.45) is 0 Å². The average molecular weight is 501 g/mol. The number of piperazine rings is 1. The number of hydrogen-bond donors (Lipinski definition) is 0. The van der Waals surface area contributed by atoms with E-state index in [0.717, 1.165) is 16.0 Å². The number of amides is 1. The maximum absolute atomic E-state index is 14.6. The van der Waals surface area contributed by atoms with Gasteiger partial charge in [0.05, 0.1) is 23.3 Å². The minimum absolute atomic E-state index is 0.0553. The van der Waals surface area contributed by atoms with Gasteiger partial charge >= 0.3 is 0 Å². The molecule has 0 unspecified atom stereocenters. The molecular weight excluding hydrogens is 479 g/mol. The minimum Gasteiger partial charge on any atom is -0.495 e. The Labute approximate surface area is 204 Å². The van der Waals surface area contributed by atoms with Crippen molar-refractivity contribution in [1.29, 1.82) is 0 Å². The minimum atomic E-state index is -0.414. The first-order chi connectivity index (χ1) is 16.5. The summed E-state index contributed by atoms with van der Waals surface area (Å²) in [5.41, 5.74) is 2.58. The standard InChI is InChI=1S/C23H22ClFN6O2S/c1-14-12-29(18-11-19(33-2)15(24)10-16(18)25)7-8-30(14)20(32)13-31-17-4-3-5-26-21(17)22(28-31)23-27-6-9-34-23/h3-6,9-11,14H,7-8,12-13H2,1-2H3/t14-/m0/s1. The molecule has 0 radical (unpaired) electrons. The normalized spacial score (nSPS) is 16.3. The number of hydrogen-bond acceptors (Lipinski definition) is 7. The van der Waals surface area contributed by atoms with E-state index in [2.05, 4.69) is 15.1 Å². The third kappa shape index (κ3) is 4.07. The highest BCUT2D eigenvalue weighted by molar-refractivity contribution is 7.13. The molecule has 0 saturated carbocycles. The van der Waals surface area contributed by atoms with Gasteiger partial charge in [-0.3, -0.25) is 14.5 Å². The van der Waals surface area contributed by atoms with Crippen molar-refractivity contribution in [2.75, 3.05) is 31.6 Å². The topological polar surface area (TPSA) is 76.4 Å². The molecule has 1 aliphatic heterocycles. The fourth-order valence-electron chi connectivity index (χ4n) is 4.30. The Morgan fingerprint density at radius 2 is 2.15 bits per heavy atom. The number of nitrogens with zero attached hydrogens (tertiary/aromatic N) is 6. The number of pyridine rings is 1. The van der Waals surface area contributed by atoms with Crippen molar-refractivity contribution < 1.29 is 13.9 Å². The van der Waals surface area contributed by atoms with Crippen molar-refractivity contribution in [3.8, 4) is 16.5 Å². The summed E-state index contributed by atoms with van der Waals surface area (Å²) in [4.78, 5) is 25.8. The zero-order chi connectivity index (χ0) is 23.8. The van der Waals surface area contributed by atoms with Crippen LogP contribution in [0.15, 0.2) is 42.0 Å². The summed E-state index contributed by atoms with van der Waals surface area (Å²) in [6.45, 7) is 3.48. The molecule has 4 aromatic rings. The summed E-state index contributed by atoms with van der Waals surface area (Å²) in [6, 6.07) is 6.46. The number of benzene rings is 1. The molecule has 1 atom stereocenters. The van der Waals surface area contributed by atoms with Crippen molar-refractivity contribution in [3.63, 3.8) is 0 Å². The van der Waals surface area contributed by atoms with Crippen LogP contribution in [0.2, 0.25) is 5.02 Å². The number of rotatable bonds is 5. The smallest absolute Gasteiger partial charge is 0.244 e. The second-order valence-corrected chi connectivity index (χ2v) is 9.34. The SMILES string of the molecule is COc1cc(N2CCN(C(=O)Cn3nc(-c4nccs4)c4ncccc43)[C@@H](C)C2)c(F)cc1Cl. The number of halogens is 2. The van der Waals surface area contributed by atoms with E-state index in [1.165, 1.54) is 24.5 Å². The number of fused-ring (bicyclic) bond motifs is 1. The number of carbonyl (C=O) groups excluding carboxylic acids is 1. The second-order valence-electron chi connectivity index (χ2n) is 8.03. The molecule has 0 aliphatic carbocycles. The van der Waals surface area contributed by atoms with Crippen LogP contribution in [0.25, 0.3) is 21.7 Å². The Bertz CT molecular complexity index is 1340. The van der Waals surface area contributed by atoms with E-state index in [4.69, 9.17) is 16.3 Å². The Kier molecular flexibility index (Phi) is 6.09. The maximum atomic E-state index is 14.6. The molecule has 34 heavy (non-hydrogen) atoms. The first-order valence-electron chi connectivity index (χ1n) is 10.7. The van der Waals surface area contributed by atoms with Crippen LogP contribution in [0.4, 0.5) is 10.1 Å². The van der Waals surface area contributed by atoms with Crippen LogP contribution in [-0.2, 0) is 11.3 Å². The number of aromatic nitrogens is 4. The molecule has 1 fully saturated rings. The van der Waals surface area contributed by atoms with Gasteiger partial charge in [0.15, 0.2) is 0 Å². The van der Waals surface area contributed by atoms with Crippen LogP contribution >= 0.6 is 22.9 Å². The van der Waals surface area contributed by atoms with Crippen molar-refractivity contribution in [2.45, 2.75) is 19.5 Å². The lowest BCUT2D eigenvalue weighted by Gasteiger charge is -2.41. The van der Waals surface area contributed by atoms with Crippen LogP contribution in [0.1, 0.15) is 6.92 Å². The van der Waals surface area contributed by atoms with E-state index >= 15 is 0 Å². The van der Waals surface area contributed by atoms with Gasteiger partial charge in [0.25, 0.3) is 0 Å². The number of methoxy groups -OCH3 is 1. The molecule has 3 aromatic heterocycles. The summed E-state index contributed by atoms with van der Waals surface area (Å²) >= 11 is 7.51. The van der Waals surface area contributed by atoms with Crippen LogP contribution in [0, 0.1) is 5.82 Å².